The van der Waals surface area contributed by atoms with E-state index in [9.17, 15) is 4.79 Å². The van der Waals surface area contributed by atoms with E-state index in [0.29, 0.717) is 35.8 Å². The first kappa shape index (κ1) is 14.7. The molecule has 24 heavy (non-hydrogen) atoms. The lowest BCUT2D eigenvalue weighted by Crippen LogP contribution is -2.40. The van der Waals surface area contributed by atoms with Crippen molar-refractivity contribution >= 4 is 16.9 Å². The summed E-state index contributed by atoms with van der Waals surface area (Å²) in [6.07, 6.45) is 1.79. The molecule has 1 atom stereocenters. The number of carbonyl (C=O) groups excluding carboxylic acids is 1. The molecule has 0 aliphatic carbocycles. The van der Waals surface area contributed by atoms with Gasteiger partial charge in [-0.1, -0.05) is 17.3 Å². The molecular formula is C16H16N6O2. The predicted octanol–water partition coefficient (Wildman–Crippen LogP) is 1.74. The van der Waals surface area contributed by atoms with Gasteiger partial charge in [0.25, 0.3) is 5.91 Å². The van der Waals surface area contributed by atoms with Gasteiger partial charge in [-0.3, -0.25) is 4.79 Å². The van der Waals surface area contributed by atoms with Crippen LogP contribution >= 0.6 is 0 Å². The van der Waals surface area contributed by atoms with Gasteiger partial charge in [0, 0.05) is 13.1 Å². The highest BCUT2D eigenvalue weighted by molar-refractivity contribution is 5.92. The fraction of sp³-hybridized carbons (Fsp3) is 0.375. The van der Waals surface area contributed by atoms with Crippen molar-refractivity contribution in [2.75, 3.05) is 13.1 Å². The Hall–Kier alpha value is -2.90. The number of piperidine rings is 1. The maximum Gasteiger partial charge on any atom is 0.293 e. The van der Waals surface area contributed by atoms with Gasteiger partial charge in [0.1, 0.15) is 5.52 Å². The Morgan fingerprint density at radius 1 is 1.21 bits per heavy atom. The fourth-order valence-electron chi connectivity index (χ4n) is 2.96. The molecule has 0 radical (unpaired) electrons. The number of nitrogens with zero attached hydrogens (tertiary/aromatic N) is 6. The Morgan fingerprint density at radius 3 is 2.83 bits per heavy atom. The molecule has 2 aromatic heterocycles. The van der Waals surface area contributed by atoms with Crippen molar-refractivity contribution in [3.8, 4) is 0 Å². The molecule has 0 bridgehead atoms. The number of likely N-dealkylation sites (tertiary alicyclic amines) is 1. The highest BCUT2D eigenvalue weighted by Gasteiger charge is 2.30. The molecule has 8 nitrogen and oxygen atoms in total. The first-order valence-electron chi connectivity index (χ1n) is 7.89. The third kappa shape index (κ3) is 2.70. The molecule has 1 aromatic carbocycles. The van der Waals surface area contributed by atoms with Gasteiger partial charge in [-0.25, -0.2) is 4.98 Å². The van der Waals surface area contributed by atoms with Gasteiger partial charge in [0.2, 0.25) is 11.7 Å². The lowest BCUT2D eigenvalue weighted by molar-refractivity contribution is 0.0682. The topological polar surface area (TPSA) is 97.9 Å². The van der Waals surface area contributed by atoms with Crippen molar-refractivity contribution in [2.24, 2.45) is 0 Å². The summed E-state index contributed by atoms with van der Waals surface area (Å²) >= 11 is 0. The first-order chi connectivity index (χ1) is 11.7. The van der Waals surface area contributed by atoms with Crippen molar-refractivity contribution in [1.82, 2.24) is 30.2 Å². The van der Waals surface area contributed by atoms with Crippen molar-refractivity contribution in [1.29, 1.82) is 0 Å². The molecule has 1 aliphatic rings. The fourth-order valence-corrected chi connectivity index (χ4v) is 2.96. The monoisotopic (exact) mass is 324 g/mol. The number of rotatable bonds is 2. The van der Waals surface area contributed by atoms with Crippen LogP contribution < -0.4 is 0 Å². The molecule has 1 aliphatic heterocycles. The van der Waals surface area contributed by atoms with Gasteiger partial charge in [-0.05, 0) is 31.9 Å². The van der Waals surface area contributed by atoms with Crippen LogP contribution in [0.3, 0.4) is 0 Å². The summed E-state index contributed by atoms with van der Waals surface area (Å²) in [7, 11) is 0. The quantitative estimate of drug-likeness (QED) is 0.708. The highest BCUT2D eigenvalue weighted by Crippen LogP contribution is 2.26. The molecule has 4 rings (SSSR count). The van der Waals surface area contributed by atoms with E-state index in [1.165, 1.54) is 0 Å². The zero-order valence-electron chi connectivity index (χ0n) is 13.2. The number of benzene rings is 1. The molecule has 1 saturated heterocycles. The zero-order valence-corrected chi connectivity index (χ0v) is 13.2. The van der Waals surface area contributed by atoms with Crippen molar-refractivity contribution in [2.45, 2.75) is 25.7 Å². The number of carbonyl (C=O) groups is 1. The van der Waals surface area contributed by atoms with E-state index in [1.807, 2.05) is 24.3 Å². The van der Waals surface area contributed by atoms with E-state index >= 15 is 0 Å². The number of amides is 1. The van der Waals surface area contributed by atoms with Crippen molar-refractivity contribution < 1.29 is 9.32 Å². The van der Waals surface area contributed by atoms with Crippen LogP contribution in [0.5, 0.6) is 0 Å². The molecule has 3 aromatic rings. The third-order valence-corrected chi connectivity index (χ3v) is 4.15. The second-order valence-corrected chi connectivity index (χ2v) is 5.89. The lowest BCUT2D eigenvalue weighted by Gasteiger charge is -2.30. The maximum atomic E-state index is 12.7. The summed E-state index contributed by atoms with van der Waals surface area (Å²) in [6.45, 7) is 2.97. The number of aryl methyl sites for hydroxylation is 1. The van der Waals surface area contributed by atoms with Gasteiger partial charge in [0.15, 0.2) is 5.82 Å². The molecule has 0 saturated carbocycles. The van der Waals surface area contributed by atoms with Crippen LogP contribution in [0.4, 0.5) is 0 Å². The van der Waals surface area contributed by atoms with Gasteiger partial charge in [-0.2, -0.15) is 4.98 Å². The largest absolute Gasteiger partial charge is 0.339 e. The van der Waals surface area contributed by atoms with E-state index in [-0.39, 0.29) is 17.6 Å². The minimum atomic E-state index is -0.214. The van der Waals surface area contributed by atoms with Crippen LogP contribution in [0, 0.1) is 6.92 Å². The van der Waals surface area contributed by atoms with Gasteiger partial charge >= 0.3 is 0 Å². The molecule has 122 valence electrons. The van der Waals surface area contributed by atoms with Gasteiger partial charge in [-0.15, -0.1) is 10.2 Å². The molecule has 1 fully saturated rings. The Labute approximate surface area is 137 Å². The van der Waals surface area contributed by atoms with E-state index < -0.39 is 0 Å². The Balaban J connectivity index is 1.56. The van der Waals surface area contributed by atoms with Gasteiger partial charge < -0.3 is 9.42 Å². The number of fused-ring (bicyclic) bond motifs is 1. The Kier molecular flexibility index (Phi) is 3.64. The maximum absolute atomic E-state index is 12.7. The molecule has 0 unspecified atom stereocenters. The number of aromatic nitrogens is 5. The molecule has 3 heterocycles. The SMILES string of the molecule is Cc1noc([C@H]2CCCN(C(=O)c3nnc4ccccc4n3)C2)n1. The van der Waals surface area contributed by atoms with Crippen LogP contribution in [0.2, 0.25) is 0 Å². The van der Waals surface area contributed by atoms with E-state index in [4.69, 9.17) is 4.52 Å². The van der Waals surface area contributed by atoms with Gasteiger partial charge in [0.05, 0.1) is 11.4 Å². The lowest BCUT2D eigenvalue weighted by atomic mass is 9.98. The van der Waals surface area contributed by atoms with Crippen LogP contribution in [0.25, 0.3) is 11.0 Å². The molecule has 8 heteroatoms. The Morgan fingerprint density at radius 2 is 2.04 bits per heavy atom. The highest BCUT2D eigenvalue weighted by atomic mass is 16.5. The third-order valence-electron chi connectivity index (χ3n) is 4.15. The molecular weight excluding hydrogens is 308 g/mol. The summed E-state index contributed by atoms with van der Waals surface area (Å²) in [6, 6.07) is 7.36. The van der Waals surface area contributed by atoms with Crippen molar-refractivity contribution in [3.05, 3.63) is 41.8 Å². The van der Waals surface area contributed by atoms with E-state index in [2.05, 4.69) is 25.3 Å². The molecule has 0 N–H and O–H groups in total. The van der Waals surface area contributed by atoms with Crippen LogP contribution in [-0.4, -0.2) is 49.2 Å². The minimum absolute atomic E-state index is 0.0531. The van der Waals surface area contributed by atoms with E-state index in [0.717, 1.165) is 12.8 Å². The number of hydrogen-bond donors (Lipinski definition) is 0. The second-order valence-electron chi connectivity index (χ2n) is 5.89. The average Bonchev–Trinajstić information content (AvgIpc) is 3.07. The van der Waals surface area contributed by atoms with E-state index in [1.54, 1.807) is 11.8 Å². The molecule has 1 amide bonds. The standard InChI is InChI=1S/C16H16N6O2/c1-10-17-15(24-21-10)11-5-4-8-22(9-11)16(23)14-18-12-6-2-3-7-13(12)19-20-14/h2-3,6-7,11H,4-5,8-9H2,1H3/t11-/m0/s1. The minimum Gasteiger partial charge on any atom is -0.339 e. The van der Waals surface area contributed by atoms with Crippen LogP contribution in [-0.2, 0) is 0 Å². The zero-order chi connectivity index (χ0) is 16.5. The summed E-state index contributed by atoms with van der Waals surface area (Å²) in [4.78, 5) is 23.1. The summed E-state index contributed by atoms with van der Waals surface area (Å²) in [5, 5.41) is 11.9. The average molecular weight is 324 g/mol. The number of hydrogen-bond acceptors (Lipinski definition) is 7. The number of para-hydroxylation sites is 1. The summed E-state index contributed by atoms with van der Waals surface area (Å²) in [5.41, 5.74) is 1.34. The first-order valence-corrected chi connectivity index (χ1v) is 7.89. The normalized spacial score (nSPS) is 18.0. The summed E-state index contributed by atoms with van der Waals surface area (Å²) < 4.78 is 5.25. The van der Waals surface area contributed by atoms with Crippen LogP contribution in [0.1, 0.15) is 41.1 Å². The Bertz CT molecular complexity index is 893. The molecule has 0 spiro atoms. The predicted molar refractivity (Wildman–Crippen MR) is 84.2 cm³/mol. The van der Waals surface area contributed by atoms with Crippen molar-refractivity contribution in [3.63, 3.8) is 0 Å². The second kappa shape index (κ2) is 5.95. The smallest absolute Gasteiger partial charge is 0.293 e. The van der Waals surface area contributed by atoms with Crippen LogP contribution in [0.15, 0.2) is 28.8 Å². The summed E-state index contributed by atoms with van der Waals surface area (Å²) in [5.74, 6) is 1.15.